The second kappa shape index (κ2) is 12.5. The largest absolute Gasteiger partial charge is 0.251 e. The molecule has 4 heteroatoms. The fourth-order valence-corrected chi connectivity index (χ4v) is 4.71. The summed E-state index contributed by atoms with van der Waals surface area (Å²) >= 11 is 0. The van der Waals surface area contributed by atoms with E-state index in [0.29, 0.717) is 12.0 Å². The molecule has 0 aromatic heterocycles. The molecule has 170 valence electrons. The second-order valence-corrected chi connectivity index (χ2v) is 8.93. The minimum absolute atomic E-state index is 0.262. The van der Waals surface area contributed by atoms with Crippen molar-refractivity contribution in [3.05, 3.63) is 71.3 Å². The van der Waals surface area contributed by atoms with E-state index in [1.54, 1.807) is 6.07 Å². The van der Waals surface area contributed by atoms with Crippen molar-refractivity contribution in [2.75, 3.05) is 6.67 Å². The van der Waals surface area contributed by atoms with Gasteiger partial charge in [0.1, 0.15) is 23.3 Å². The molecule has 0 aliphatic heterocycles. The van der Waals surface area contributed by atoms with E-state index in [4.69, 9.17) is 5.26 Å². The van der Waals surface area contributed by atoms with Gasteiger partial charge in [0.15, 0.2) is 0 Å². The number of nitrogens with zero attached hydrogens (tertiary/aromatic N) is 1. The van der Waals surface area contributed by atoms with E-state index in [1.165, 1.54) is 62.6 Å². The predicted molar refractivity (Wildman–Crippen MR) is 124 cm³/mol. The summed E-state index contributed by atoms with van der Waals surface area (Å²) in [6, 6.07) is 11.9. The summed E-state index contributed by atoms with van der Waals surface area (Å²) < 4.78 is 39.8. The van der Waals surface area contributed by atoms with Crippen LogP contribution >= 0.6 is 0 Å². The van der Waals surface area contributed by atoms with Gasteiger partial charge in [-0.1, -0.05) is 68.5 Å². The van der Waals surface area contributed by atoms with E-state index in [2.05, 4.69) is 6.08 Å². The van der Waals surface area contributed by atoms with Crippen LogP contribution in [-0.2, 0) is 6.42 Å². The normalized spacial score (nSPS) is 18.7. The first-order valence-corrected chi connectivity index (χ1v) is 11.8. The van der Waals surface area contributed by atoms with Gasteiger partial charge >= 0.3 is 0 Å². The van der Waals surface area contributed by atoms with Crippen molar-refractivity contribution < 1.29 is 13.2 Å². The number of alkyl halides is 1. The lowest BCUT2D eigenvalue weighted by Crippen LogP contribution is -2.15. The first-order chi connectivity index (χ1) is 15.6. The van der Waals surface area contributed by atoms with Crippen molar-refractivity contribution in [1.82, 2.24) is 0 Å². The van der Waals surface area contributed by atoms with E-state index >= 15 is 0 Å². The van der Waals surface area contributed by atoms with Crippen LogP contribution < -0.4 is 0 Å². The molecule has 0 heterocycles. The molecule has 0 saturated heterocycles. The van der Waals surface area contributed by atoms with Gasteiger partial charge in [-0.3, -0.25) is 4.39 Å². The predicted octanol–water partition coefficient (Wildman–Crippen LogP) is 8.33. The summed E-state index contributed by atoms with van der Waals surface area (Å²) in [6.07, 6.45) is 15.6. The zero-order valence-electron chi connectivity index (χ0n) is 18.6. The van der Waals surface area contributed by atoms with Gasteiger partial charge in [-0.2, -0.15) is 5.26 Å². The van der Waals surface area contributed by atoms with Gasteiger partial charge in [0.2, 0.25) is 0 Å². The van der Waals surface area contributed by atoms with Crippen LogP contribution in [0, 0.1) is 34.8 Å². The Morgan fingerprint density at radius 2 is 1.44 bits per heavy atom. The Morgan fingerprint density at radius 3 is 2.03 bits per heavy atom. The lowest BCUT2D eigenvalue weighted by Gasteiger charge is -2.28. The van der Waals surface area contributed by atoms with Gasteiger partial charge in [-0.25, -0.2) is 8.78 Å². The van der Waals surface area contributed by atoms with Crippen LogP contribution in [0.4, 0.5) is 13.2 Å². The second-order valence-electron chi connectivity index (χ2n) is 8.93. The van der Waals surface area contributed by atoms with E-state index in [9.17, 15) is 13.2 Å². The Labute approximate surface area is 190 Å². The van der Waals surface area contributed by atoms with Crippen LogP contribution in [-0.4, -0.2) is 6.67 Å². The van der Waals surface area contributed by atoms with Crippen molar-refractivity contribution in [2.45, 2.75) is 64.2 Å². The smallest absolute Gasteiger partial charge is 0.144 e. The van der Waals surface area contributed by atoms with Crippen LogP contribution in [0.5, 0.6) is 0 Å². The van der Waals surface area contributed by atoms with Crippen LogP contribution in [0.15, 0.2) is 48.6 Å². The molecule has 1 aliphatic rings. The minimum Gasteiger partial charge on any atom is -0.251 e. The number of halogens is 3. The number of nitriles is 1. The number of benzene rings is 2. The Morgan fingerprint density at radius 1 is 0.844 bits per heavy atom. The Hall–Kier alpha value is -2.54. The molecule has 2 aromatic carbocycles. The van der Waals surface area contributed by atoms with Crippen molar-refractivity contribution in [3.8, 4) is 17.2 Å². The standard InChI is InChI=1S/C28H32F3N/c29-17-5-3-1-2-4-6-21-7-9-22(10-8-21)11-12-23-13-15-24(16-14-23)25-18-27(30)26(20-32)28(31)19-25/h1,3,13-16,18-19,21-22H,2,4-12,17H2/b3-1+. The number of rotatable bonds is 10. The average Bonchev–Trinajstić information content (AvgIpc) is 2.81. The van der Waals surface area contributed by atoms with Crippen LogP contribution in [0.1, 0.15) is 68.9 Å². The molecule has 3 rings (SSSR count). The summed E-state index contributed by atoms with van der Waals surface area (Å²) in [5, 5.41) is 8.81. The van der Waals surface area contributed by atoms with E-state index in [0.717, 1.165) is 30.2 Å². The van der Waals surface area contributed by atoms with Crippen molar-refractivity contribution in [1.29, 1.82) is 5.26 Å². The Balaban J connectivity index is 1.41. The quantitative estimate of drug-likeness (QED) is 0.270. The zero-order chi connectivity index (χ0) is 22.8. The lowest BCUT2D eigenvalue weighted by atomic mass is 9.78. The maximum absolute atomic E-state index is 13.9. The molecule has 1 nitrogen and oxygen atoms in total. The molecule has 0 spiro atoms. The molecule has 0 amide bonds. The Bertz CT molecular complexity index is 896. The molecule has 0 unspecified atom stereocenters. The van der Waals surface area contributed by atoms with E-state index in [-0.39, 0.29) is 6.67 Å². The van der Waals surface area contributed by atoms with Crippen molar-refractivity contribution in [3.63, 3.8) is 0 Å². The van der Waals surface area contributed by atoms with E-state index in [1.807, 2.05) is 30.3 Å². The SMILES string of the molecule is N#Cc1c(F)cc(-c2ccc(CCC3CCC(CCC/C=C/CCF)CC3)cc2)cc1F. The molecule has 0 atom stereocenters. The highest BCUT2D eigenvalue weighted by molar-refractivity contribution is 5.65. The van der Waals surface area contributed by atoms with Crippen LogP contribution in [0.2, 0.25) is 0 Å². The third-order valence-electron chi connectivity index (χ3n) is 6.67. The number of hydrogen-bond acceptors (Lipinski definition) is 1. The zero-order valence-corrected chi connectivity index (χ0v) is 18.6. The summed E-state index contributed by atoms with van der Waals surface area (Å²) in [5.41, 5.74) is 1.90. The number of aryl methyl sites for hydroxylation is 1. The summed E-state index contributed by atoms with van der Waals surface area (Å²) in [5.74, 6) is -0.0312. The van der Waals surface area contributed by atoms with Gasteiger partial charge in [-0.05, 0) is 72.8 Å². The fraction of sp³-hybridized carbons (Fsp3) is 0.464. The highest BCUT2D eigenvalue weighted by Crippen LogP contribution is 2.34. The summed E-state index contributed by atoms with van der Waals surface area (Å²) in [7, 11) is 0. The molecule has 32 heavy (non-hydrogen) atoms. The van der Waals surface area contributed by atoms with Gasteiger partial charge in [0.05, 0.1) is 6.67 Å². The van der Waals surface area contributed by atoms with Crippen molar-refractivity contribution >= 4 is 0 Å². The summed E-state index contributed by atoms with van der Waals surface area (Å²) in [6.45, 7) is -0.262. The van der Waals surface area contributed by atoms with E-state index < -0.39 is 17.2 Å². The first kappa shape index (κ1) is 24.1. The molecule has 0 radical (unpaired) electrons. The maximum atomic E-state index is 13.9. The monoisotopic (exact) mass is 439 g/mol. The maximum Gasteiger partial charge on any atom is 0.144 e. The molecule has 1 aliphatic carbocycles. The molecule has 0 bridgehead atoms. The number of hydrogen-bond donors (Lipinski definition) is 0. The fourth-order valence-electron chi connectivity index (χ4n) is 4.71. The van der Waals surface area contributed by atoms with Crippen LogP contribution in [0.3, 0.4) is 0 Å². The molecule has 1 saturated carbocycles. The first-order valence-electron chi connectivity index (χ1n) is 11.8. The molecular formula is C28H32F3N. The Kier molecular flexibility index (Phi) is 9.41. The highest BCUT2D eigenvalue weighted by atomic mass is 19.1. The van der Waals surface area contributed by atoms with Gasteiger partial charge < -0.3 is 0 Å². The number of allylic oxidation sites excluding steroid dienone is 2. The van der Waals surface area contributed by atoms with Crippen molar-refractivity contribution in [2.24, 2.45) is 11.8 Å². The van der Waals surface area contributed by atoms with Gasteiger partial charge in [0, 0.05) is 0 Å². The lowest BCUT2D eigenvalue weighted by molar-refractivity contribution is 0.250. The van der Waals surface area contributed by atoms with Gasteiger partial charge in [0.25, 0.3) is 0 Å². The molecular weight excluding hydrogens is 407 g/mol. The molecule has 0 N–H and O–H groups in total. The molecule has 2 aromatic rings. The number of unbranched alkanes of at least 4 members (excludes halogenated alkanes) is 1. The minimum atomic E-state index is -0.824. The highest BCUT2D eigenvalue weighted by Gasteiger charge is 2.20. The third kappa shape index (κ3) is 6.99. The van der Waals surface area contributed by atoms with Gasteiger partial charge in [-0.15, -0.1) is 0 Å². The average molecular weight is 440 g/mol. The molecule has 1 fully saturated rings. The topological polar surface area (TPSA) is 23.8 Å². The summed E-state index contributed by atoms with van der Waals surface area (Å²) in [4.78, 5) is 0. The third-order valence-corrected chi connectivity index (χ3v) is 6.67. The van der Waals surface area contributed by atoms with Crippen LogP contribution in [0.25, 0.3) is 11.1 Å².